The van der Waals surface area contributed by atoms with Crippen LogP contribution < -0.4 is 5.73 Å². The van der Waals surface area contributed by atoms with Crippen molar-refractivity contribution in [2.24, 2.45) is 5.73 Å². The number of primary amides is 1. The molecular weight excluding hydrogens is 510 g/mol. The van der Waals surface area contributed by atoms with Gasteiger partial charge in [0.15, 0.2) is 0 Å². The van der Waals surface area contributed by atoms with E-state index in [2.05, 4.69) is 60.0 Å². The molecular formula is C32H36ClN3O3. The Kier molecular flexibility index (Phi) is 7.25. The number of nitrogens with two attached hydrogens (primary N) is 1. The van der Waals surface area contributed by atoms with Crippen LogP contribution >= 0.6 is 11.6 Å². The summed E-state index contributed by atoms with van der Waals surface area (Å²) in [6.45, 7) is 12.1. The van der Waals surface area contributed by atoms with Crippen molar-refractivity contribution >= 4 is 17.5 Å². The summed E-state index contributed by atoms with van der Waals surface area (Å²) in [4.78, 5) is 17.5. The third-order valence-electron chi connectivity index (χ3n) is 8.67. The summed E-state index contributed by atoms with van der Waals surface area (Å²) in [5, 5.41) is 0.732. The second kappa shape index (κ2) is 10.7. The molecule has 1 aliphatic carbocycles. The van der Waals surface area contributed by atoms with Crippen molar-refractivity contribution < 1.29 is 14.3 Å². The number of carbonyl (C=O) groups is 1. The van der Waals surface area contributed by atoms with Crippen LogP contribution in [0.3, 0.4) is 0 Å². The highest BCUT2D eigenvalue weighted by Crippen LogP contribution is 2.43. The van der Waals surface area contributed by atoms with Gasteiger partial charge in [0.25, 0.3) is 0 Å². The first kappa shape index (κ1) is 26.5. The van der Waals surface area contributed by atoms with E-state index in [0.29, 0.717) is 12.0 Å². The van der Waals surface area contributed by atoms with Crippen LogP contribution in [0.1, 0.15) is 46.5 Å². The molecule has 3 aliphatic rings. The molecule has 6 rings (SSSR count). The van der Waals surface area contributed by atoms with Gasteiger partial charge >= 0.3 is 0 Å². The maximum absolute atomic E-state index is 12.6. The van der Waals surface area contributed by atoms with Crippen LogP contribution in [0.2, 0.25) is 5.02 Å². The molecule has 2 aliphatic heterocycles. The maximum atomic E-state index is 12.6. The van der Waals surface area contributed by atoms with Crippen LogP contribution in [0, 0.1) is 0 Å². The average Bonchev–Trinajstić information content (AvgIpc) is 3.32. The van der Waals surface area contributed by atoms with Gasteiger partial charge in [-0.15, -0.1) is 0 Å². The minimum atomic E-state index is -0.398. The average molecular weight is 546 g/mol. The fourth-order valence-electron chi connectivity index (χ4n) is 6.22. The number of morpholine rings is 2. The molecule has 1 amide bonds. The van der Waals surface area contributed by atoms with Gasteiger partial charge in [0.2, 0.25) is 5.91 Å². The quantitative estimate of drug-likeness (QED) is 0.366. The predicted molar refractivity (Wildman–Crippen MR) is 155 cm³/mol. The number of rotatable bonds is 6. The molecule has 204 valence electrons. The van der Waals surface area contributed by atoms with E-state index in [9.17, 15) is 4.79 Å². The van der Waals surface area contributed by atoms with Gasteiger partial charge in [-0.05, 0) is 83.0 Å². The van der Waals surface area contributed by atoms with Crippen LogP contribution in [0.4, 0.5) is 0 Å². The van der Waals surface area contributed by atoms with Crippen molar-refractivity contribution in [2.75, 3.05) is 52.6 Å². The lowest BCUT2D eigenvalue weighted by Gasteiger charge is -2.41. The van der Waals surface area contributed by atoms with Gasteiger partial charge in [0.05, 0.1) is 26.4 Å². The second-order valence-corrected chi connectivity index (χ2v) is 11.7. The molecule has 0 saturated carbocycles. The fourth-order valence-corrected chi connectivity index (χ4v) is 6.46. The van der Waals surface area contributed by atoms with E-state index >= 15 is 0 Å². The van der Waals surface area contributed by atoms with Crippen molar-refractivity contribution in [1.82, 2.24) is 9.80 Å². The molecule has 2 heterocycles. The molecule has 2 N–H and O–H groups in total. The molecule has 0 bridgehead atoms. The molecule has 0 atom stereocenters. The standard InChI is InChI=1S/C32H36ClN3O3/c1-32(2,36-9-13-39-14-10-36)25-5-6-26-24(15-25)18-28-27(26)16-23(17-29(28)31(34)37)21-3-4-22(30(33)19-21)20-35-7-11-38-12-8-35/h3-6,15-17,19H,7-14,18,20H2,1-2H3,(H2,34,37). The third kappa shape index (κ3) is 5.12. The molecule has 0 radical (unpaired) electrons. The molecule has 39 heavy (non-hydrogen) atoms. The Morgan fingerprint density at radius 2 is 1.62 bits per heavy atom. The highest BCUT2D eigenvalue weighted by atomic mass is 35.5. The molecule has 0 spiro atoms. The Bertz CT molecular complexity index is 1410. The van der Waals surface area contributed by atoms with Gasteiger partial charge in [-0.1, -0.05) is 41.9 Å². The van der Waals surface area contributed by atoms with E-state index in [0.717, 1.165) is 92.0 Å². The second-order valence-electron chi connectivity index (χ2n) is 11.3. The van der Waals surface area contributed by atoms with Gasteiger partial charge in [0.1, 0.15) is 0 Å². The minimum absolute atomic E-state index is 0.106. The van der Waals surface area contributed by atoms with Gasteiger partial charge in [-0.3, -0.25) is 14.6 Å². The molecule has 3 aromatic carbocycles. The first-order chi connectivity index (χ1) is 18.8. The Labute approximate surface area is 235 Å². The van der Waals surface area contributed by atoms with E-state index in [1.54, 1.807) is 0 Å². The largest absolute Gasteiger partial charge is 0.379 e. The van der Waals surface area contributed by atoms with Gasteiger partial charge in [0, 0.05) is 48.8 Å². The van der Waals surface area contributed by atoms with E-state index in [-0.39, 0.29) is 5.54 Å². The topological polar surface area (TPSA) is 68.0 Å². The highest BCUT2D eigenvalue weighted by Gasteiger charge is 2.32. The summed E-state index contributed by atoms with van der Waals surface area (Å²) in [7, 11) is 0. The normalized spacial score (nSPS) is 18.1. The number of halogens is 1. The number of hydrogen-bond donors (Lipinski definition) is 1. The summed E-state index contributed by atoms with van der Waals surface area (Å²) < 4.78 is 11.0. The minimum Gasteiger partial charge on any atom is -0.379 e. The number of ether oxygens (including phenoxy) is 2. The van der Waals surface area contributed by atoms with Crippen LogP contribution in [0.5, 0.6) is 0 Å². The Morgan fingerprint density at radius 3 is 2.31 bits per heavy atom. The summed E-state index contributed by atoms with van der Waals surface area (Å²) in [5.74, 6) is -0.398. The molecule has 2 fully saturated rings. The van der Waals surface area contributed by atoms with Crippen molar-refractivity contribution in [2.45, 2.75) is 32.4 Å². The van der Waals surface area contributed by atoms with Crippen LogP contribution in [0.25, 0.3) is 22.3 Å². The number of nitrogens with zero attached hydrogens (tertiary/aromatic N) is 2. The zero-order valence-corrected chi connectivity index (χ0v) is 23.5. The van der Waals surface area contributed by atoms with E-state index < -0.39 is 5.91 Å². The molecule has 0 aromatic heterocycles. The highest BCUT2D eigenvalue weighted by molar-refractivity contribution is 6.31. The van der Waals surface area contributed by atoms with E-state index in [1.807, 2.05) is 12.1 Å². The summed E-state index contributed by atoms with van der Waals surface area (Å²) in [5.41, 5.74) is 15.2. The van der Waals surface area contributed by atoms with E-state index in [4.69, 9.17) is 26.8 Å². The summed E-state index contributed by atoms with van der Waals surface area (Å²) in [6.07, 6.45) is 0.704. The molecule has 2 saturated heterocycles. The van der Waals surface area contributed by atoms with Gasteiger partial charge in [-0.2, -0.15) is 0 Å². The first-order valence-electron chi connectivity index (χ1n) is 13.8. The molecule has 7 heteroatoms. The fraction of sp³-hybridized carbons (Fsp3) is 0.406. The Hall–Kier alpha value is -2.74. The number of fused-ring (bicyclic) bond motifs is 3. The SMILES string of the molecule is CC(C)(c1ccc2c(c1)Cc1c(C(N)=O)cc(-c3ccc(CN4CCOCC4)c(Cl)c3)cc1-2)N1CCOCC1. The third-order valence-corrected chi connectivity index (χ3v) is 9.02. The predicted octanol–water partition coefficient (Wildman–Crippen LogP) is 5.08. The van der Waals surface area contributed by atoms with Gasteiger partial charge < -0.3 is 15.2 Å². The molecule has 3 aromatic rings. The molecule has 6 nitrogen and oxygen atoms in total. The number of hydrogen-bond acceptors (Lipinski definition) is 5. The number of carbonyl (C=O) groups excluding carboxylic acids is 1. The lowest BCUT2D eigenvalue weighted by atomic mass is 9.89. The number of amides is 1. The van der Waals surface area contributed by atoms with Crippen LogP contribution in [0.15, 0.2) is 48.5 Å². The van der Waals surface area contributed by atoms with Crippen molar-refractivity contribution in [3.63, 3.8) is 0 Å². The Balaban J connectivity index is 1.33. The summed E-state index contributed by atoms with van der Waals surface area (Å²) in [6, 6.07) is 17.1. The Morgan fingerprint density at radius 1 is 0.897 bits per heavy atom. The summed E-state index contributed by atoms with van der Waals surface area (Å²) >= 11 is 6.76. The zero-order chi connectivity index (χ0) is 27.1. The lowest BCUT2D eigenvalue weighted by Crippen LogP contribution is -2.47. The molecule has 0 unspecified atom stereocenters. The van der Waals surface area contributed by atoms with Crippen LogP contribution in [-0.4, -0.2) is 68.3 Å². The lowest BCUT2D eigenvalue weighted by molar-refractivity contribution is -0.0118. The number of benzene rings is 3. The van der Waals surface area contributed by atoms with E-state index in [1.165, 1.54) is 16.7 Å². The van der Waals surface area contributed by atoms with Crippen molar-refractivity contribution in [3.8, 4) is 22.3 Å². The smallest absolute Gasteiger partial charge is 0.249 e. The van der Waals surface area contributed by atoms with Gasteiger partial charge in [-0.25, -0.2) is 0 Å². The zero-order valence-electron chi connectivity index (χ0n) is 22.8. The van der Waals surface area contributed by atoms with Crippen molar-refractivity contribution in [3.05, 3.63) is 81.4 Å². The van der Waals surface area contributed by atoms with Crippen LogP contribution in [-0.2, 0) is 28.0 Å². The van der Waals surface area contributed by atoms with Crippen molar-refractivity contribution in [1.29, 1.82) is 0 Å². The maximum Gasteiger partial charge on any atom is 0.249 e. The first-order valence-corrected chi connectivity index (χ1v) is 14.2. The monoisotopic (exact) mass is 545 g/mol.